The molecule has 100 valence electrons. The van der Waals surface area contributed by atoms with E-state index in [0.717, 1.165) is 13.1 Å². The van der Waals surface area contributed by atoms with E-state index in [-0.39, 0.29) is 24.2 Å². The van der Waals surface area contributed by atoms with Gasteiger partial charge in [-0.25, -0.2) is 0 Å². The van der Waals surface area contributed by atoms with Crippen LogP contribution < -0.4 is 10.6 Å². The third-order valence-electron chi connectivity index (χ3n) is 4.16. The maximum atomic E-state index is 11.9. The number of hydrogen-bond donors (Lipinski definition) is 2. The maximum Gasteiger partial charge on any atom is 0.225 e. The summed E-state index contributed by atoms with van der Waals surface area (Å²) in [6.45, 7) is 6.29. The normalized spacial score (nSPS) is 29.4. The lowest BCUT2D eigenvalue weighted by atomic mass is 9.77. The average molecular weight is 261 g/mol. The van der Waals surface area contributed by atoms with Crippen LogP contribution in [-0.2, 0) is 4.79 Å². The minimum atomic E-state index is 0. The number of carbonyl (C=O) groups is 1. The third-order valence-corrected chi connectivity index (χ3v) is 4.16. The highest BCUT2D eigenvalue weighted by atomic mass is 35.5. The zero-order chi connectivity index (χ0) is 11.5. The Morgan fingerprint density at radius 3 is 2.41 bits per heavy atom. The van der Waals surface area contributed by atoms with Crippen LogP contribution >= 0.6 is 12.4 Å². The van der Waals surface area contributed by atoms with Crippen LogP contribution in [0.25, 0.3) is 0 Å². The molecule has 2 rings (SSSR count). The van der Waals surface area contributed by atoms with Gasteiger partial charge in [0.2, 0.25) is 5.91 Å². The fraction of sp³-hybridized carbons (Fsp3) is 0.923. The molecule has 1 saturated heterocycles. The van der Waals surface area contributed by atoms with Crippen LogP contribution in [-0.4, -0.2) is 25.0 Å². The standard InChI is InChI=1S/C13H24N2O.ClH/c1-9(2)11-5-3-4-6-12(11)15-13(16)10-7-14-8-10;/h9-12,14H,3-8H2,1-2H3,(H,15,16);1H. The van der Waals surface area contributed by atoms with Gasteiger partial charge < -0.3 is 10.6 Å². The first-order valence-electron chi connectivity index (χ1n) is 6.69. The smallest absolute Gasteiger partial charge is 0.225 e. The molecule has 0 aromatic rings. The van der Waals surface area contributed by atoms with Gasteiger partial charge in [-0.15, -0.1) is 12.4 Å². The highest BCUT2D eigenvalue weighted by Gasteiger charge is 2.32. The lowest BCUT2D eigenvalue weighted by molar-refractivity contribution is -0.127. The summed E-state index contributed by atoms with van der Waals surface area (Å²) in [7, 11) is 0. The third kappa shape index (κ3) is 3.59. The Morgan fingerprint density at radius 2 is 1.88 bits per heavy atom. The molecule has 2 N–H and O–H groups in total. The summed E-state index contributed by atoms with van der Waals surface area (Å²) in [6.07, 6.45) is 5.07. The molecular formula is C13H25ClN2O. The van der Waals surface area contributed by atoms with E-state index < -0.39 is 0 Å². The molecule has 4 heteroatoms. The van der Waals surface area contributed by atoms with Crippen molar-refractivity contribution in [2.75, 3.05) is 13.1 Å². The number of halogens is 1. The molecule has 0 bridgehead atoms. The highest BCUT2D eigenvalue weighted by Crippen LogP contribution is 2.30. The van der Waals surface area contributed by atoms with Crippen LogP contribution in [0.2, 0.25) is 0 Å². The van der Waals surface area contributed by atoms with Crippen molar-refractivity contribution in [3.05, 3.63) is 0 Å². The summed E-state index contributed by atoms with van der Waals surface area (Å²) in [5.74, 6) is 1.88. The molecule has 2 fully saturated rings. The van der Waals surface area contributed by atoms with Crippen LogP contribution in [0.1, 0.15) is 39.5 Å². The van der Waals surface area contributed by atoms with Gasteiger partial charge in [0, 0.05) is 19.1 Å². The topological polar surface area (TPSA) is 41.1 Å². The average Bonchev–Trinajstić information content (AvgIpc) is 2.15. The summed E-state index contributed by atoms with van der Waals surface area (Å²) in [5.41, 5.74) is 0. The van der Waals surface area contributed by atoms with Crippen LogP contribution in [0.3, 0.4) is 0 Å². The Morgan fingerprint density at radius 1 is 1.24 bits per heavy atom. The molecule has 2 atom stereocenters. The number of nitrogens with one attached hydrogen (secondary N) is 2. The van der Waals surface area contributed by atoms with Gasteiger partial charge in [0.1, 0.15) is 0 Å². The van der Waals surface area contributed by atoms with Crippen molar-refractivity contribution in [3.63, 3.8) is 0 Å². The first kappa shape index (κ1) is 14.8. The van der Waals surface area contributed by atoms with E-state index in [0.29, 0.717) is 17.9 Å². The van der Waals surface area contributed by atoms with E-state index >= 15 is 0 Å². The van der Waals surface area contributed by atoms with Crippen LogP contribution in [0.5, 0.6) is 0 Å². The van der Waals surface area contributed by atoms with Gasteiger partial charge >= 0.3 is 0 Å². The van der Waals surface area contributed by atoms with E-state index in [4.69, 9.17) is 0 Å². The minimum absolute atomic E-state index is 0. The van der Waals surface area contributed by atoms with Crippen LogP contribution in [0.15, 0.2) is 0 Å². The molecule has 1 saturated carbocycles. The Labute approximate surface area is 111 Å². The highest BCUT2D eigenvalue weighted by molar-refractivity contribution is 5.85. The Balaban J connectivity index is 0.00000144. The van der Waals surface area contributed by atoms with Crippen LogP contribution in [0, 0.1) is 17.8 Å². The predicted molar refractivity (Wildman–Crippen MR) is 72.3 cm³/mol. The van der Waals surface area contributed by atoms with Gasteiger partial charge in [0.05, 0.1) is 5.92 Å². The first-order valence-corrected chi connectivity index (χ1v) is 6.69. The summed E-state index contributed by atoms with van der Waals surface area (Å²) >= 11 is 0. The molecule has 0 aromatic carbocycles. The number of hydrogen-bond acceptors (Lipinski definition) is 2. The van der Waals surface area contributed by atoms with E-state index in [2.05, 4.69) is 24.5 Å². The molecule has 3 nitrogen and oxygen atoms in total. The van der Waals surface area contributed by atoms with Crippen molar-refractivity contribution in [1.82, 2.24) is 10.6 Å². The van der Waals surface area contributed by atoms with Gasteiger partial charge in [0.15, 0.2) is 0 Å². The molecule has 0 aromatic heterocycles. The number of carbonyl (C=O) groups excluding carboxylic acids is 1. The van der Waals surface area contributed by atoms with Crippen molar-refractivity contribution >= 4 is 18.3 Å². The summed E-state index contributed by atoms with van der Waals surface area (Å²) in [4.78, 5) is 11.9. The van der Waals surface area contributed by atoms with E-state index in [1.54, 1.807) is 0 Å². The second-order valence-corrected chi connectivity index (χ2v) is 5.66. The summed E-state index contributed by atoms with van der Waals surface area (Å²) in [5, 5.41) is 6.43. The van der Waals surface area contributed by atoms with E-state index in [1.165, 1.54) is 25.7 Å². The zero-order valence-corrected chi connectivity index (χ0v) is 11.7. The summed E-state index contributed by atoms with van der Waals surface area (Å²) < 4.78 is 0. The second-order valence-electron chi connectivity index (χ2n) is 5.66. The fourth-order valence-electron chi connectivity index (χ4n) is 2.91. The Hall–Kier alpha value is -0.280. The number of amides is 1. The van der Waals surface area contributed by atoms with Crippen LogP contribution in [0.4, 0.5) is 0 Å². The van der Waals surface area contributed by atoms with Crippen molar-refractivity contribution in [2.24, 2.45) is 17.8 Å². The lowest BCUT2D eigenvalue weighted by Gasteiger charge is -2.37. The minimum Gasteiger partial charge on any atom is -0.353 e. The Kier molecular flexibility index (Phi) is 5.74. The second kappa shape index (κ2) is 6.60. The molecule has 2 aliphatic rings. The van der Waals surface area contributed by atoms with Gasteiger partial charge in [-0.05, 0) is 24.7 Å². The van der Waals surface area contributed by atoms with Crippen molar-refractivity contribution in [3.8, 4) is 0 Å². The van der Waals surface area contributed by atoms with Crippen molar-refractivity contribution in [1.29, 1.82) is 0 Å². The van der Waals surface area contributed by atoms with Crippen molar-refractivity contribution < 1.29 is 4.79 Å². The molecule has 1 amide bonds. The SMILES string of the molecule is CC(C)C1CCCCC1NC(=O)C1CNC1.Cl. The monoisotopic (exact) mass is 260 g/mol. The molecule has 0 radical (unpaired) electrons. The van der Waals surface area contributed by atoms with Gasteiger partial charge in [0.25, 0.3) is 0 Å². The van der Waals surface area contributed by atoms with Gasteiger partial charge in [-0.2, -0.15) is 0 Å². The van der Waals surface area contributed by atoms with Crippen molar-refractivity contribution in [2.45, 2.75) is 45.6 Å². The molecule has 0 spiro atoms. The fourth-order valence-corrected chi connectivity index (χ4v) is 2.91. The molecule has 1 aliphatic heterocycles. The lowest BCUT2D eigenvalue weighted by Crippen LogP contribution is -2.54. The largest absolute Gasteiger partial charge is 0.353 e. The first-order chi connectivity index (χ1) is 7.68. The van der Waals surface area contributed by atoms with E-state index in [9.17, 15) is 4.79 Å². The molecule has 2 unspecified atom stereocenters. The van der Waals surface area contributed by atoms with E-state index in [1.807, 2.05) is 0 Å². The Bertz CT molecular complexity index is 254. The maximum absolute atomic E-state index is 11.9. The predicted octanol–water partition coefficient (Wildman–Crippen LogP) is 1.96. The quantitative estimate of drug-likeness (QED) is 0.815. The molecule has 1 heterocycles. The molecule has 17 heavy (non-hydrogen) atoms. The molecular weight excluding hydrogens is 236 g/mol. The molecule has 1 aliphatic carbocycles. The zero-order valence-electron chi connectivity index (χ0n) is 10.9. The van der Waals surface area contributed by atoms with Gasteiger partial charge in [-0.3, -0.25) is 4.79 Å². The number of rotatable bonds is 3. The van der Waals surface area contributed by atoms with Gasteiger partial charge in [-0.1, -0.05) is 26.7 Å². The summed E-state index contributed by atoms with van der Waals surface area (Å²) in [6, 6.07) is 0.432.